The summed E-state index contributed by atoms with van der Waals surface area (Å²) in [5, 5.41) is 10.3. The number of fused-ring (bicyclic) bond motifs is 9. The Labute approximate surface area is 390 Å². The third kappa shape index (κ3) is 6.61. The molecular formula is C60H40N4O4. The van der Waals surface area contributed by atoms with Crippen LogP contribution in [0, 0.1) is 0 Å². The lowest BCUT2D eigenvalue weighted by atomic mass is 9.98. The van der Waals surface area contributed by atoms with Gasteiger partial charge in [-0.05, 0) is 134 Å². The Kier molecular flexibility index (Phi) is 9.55. The Morgan fingerprint density at radius 1 is 0.338 bits per heavy atom. The minimum atomic E-state index is -0.491. The van der Waals surface area contributed by atoms with E-state index in [1.165, 1.54) is 28.5 Å². The smallest absolute Gasteiger partial charge is 0.318 e. The van der Waals surface area contributed by atoms with Gasteiger partial charge in [-0.2, -0.15) is 0 Å². The van der Waals surface area contributed by atoms with Crippen LogP contribution in [0.1, 0.15) is 51.3 Å². The van der Waals surface area contributed by atoms with E-state index in [4.69, 9.17) is 4.84 Å². The van der Waals surface area contributed by atoms with Crippen molar-refractivity contribution >= 4 is 88.7 Å². The average Bonchev–Trinajstić information content (AvgIpc) is 4.03. The Morgan fingerprint density at radius 2 is 0.632 bits per heavy atom. The summed E-state index contributed by atoms with van der Waals surface area (Å²) in [6, 6.07) is 68.5. The first-order valence-corrected chi connectivity index (χ1v) is 22.5. The van der Waals surface area contributed by atoms with Crippen molar-refractivity contribution in [1.82, 2.24) is 13.7 Å². The molecule has 0 N–H and O–H groups in total. The topological polar surface area (TPSA) is 87.6 Å². The SMILES string of the molecule is CC(=O)ON=C(C)c1ccc(-n2c3ccc(C(=O)c4ccc(-n5c6ccccc6c6ccccc65)cc4)cc3c3cc(C(=O)c4ccc(-n5c6ccccc6c6ccccc65)cc4)ccc32)cc1. The molecule has 0 fully saturated rings. The largest absolute Gasteiger partial charge is 0.331 e. The molecule has 0 bridgehead atoms. The highest BCUT2D eigenvalue weighted by Gasteiger charge is 2.20. The highest BCUT2D eigenvalue weighted by Crippen LogP contribution is 2.37. The van der Waals surface area contributed by atoms with Crippen LogP contribution in [0.5, 0.6) is 0 Å². The van der Waals surface area contributed by atoms with Gasteiger partial charge in [-0.1, -0.05) is 90.1 Å². The van der Waals surface area contributed by atoms with Crippen molar-refractivity contribution in [2.45, 2.75) is 13.8 Å². The fraction of sp³-hybridized carbons (Fsp3) is 0.0333. The summed E-state index contributed by atoms with van der Waals surface area (Å²) in [7, 11) is 0. The number of carbonyl (C=O) groups excluding carboxylic acids is 3. The van der Waals surface area contributed by atoms with E-state index in [-0.39, 0.29) is 11.6 Å². The molecule has 0 unspecified atom stereocenters. The van der Waals surface area contributed by atoms with Gasteiger partial charge >= 0.3 is 5.97 Å². The predicted octanol–water partition coefficient (Wildman–Crippen LogP) is 13.7. The zero-order chi connectivity index (χ0) is 46.0. The molecule has 0 atom stereocenters. The number of nitrogens with zero attached hydrogens (tertiary/aromatic N) is 4. The summed E-state index contributed by atoms with van der Waals surface area (Å²) in [6.45, 7) is 3.10. The quantitative estimate of drug-likeness (QED) is 0.0625. The Balaban J connectivity index is 0.930. The van der Waals surface area contributed by atoms with Gasteiger partial charge in [-0.15, -0.1) is 0 Å². The zero-order valence-corrected chi connectivity index (χ0v) is 37.1. The number of para-hydroxylation sites is 4. The standard InChI is InChI=1S/C60H40N4O4/c1-37(61-68-38(2)65)39-19-27-44(28-20-39)64-57-33-25-42(59(66)40-21-29-45(30-22-40)62-53-15-7-3-11-47(53)48-12-4-8-16-54(48)62)35-51(57)52-36-43(26-34-58(52)64)60(67)41-23-31-46(32-24-41)63-55-17-9-5-13-49(55)50-14-6-10-18-56(50)63/h3-36H,1-2H3. The first-order valence-electron chi connectivity index (χ1n) is 22.5. The Bertz CT molecular complexity index is 3720. The maximum atomic E-state index is 14.4. The van der Waals surface area contributed by atoms with Gasteiger partial charge in [-0.25, -0.2) is 4.79 Å². The number of rotatable bonds is 9. The van der Waals surface area contributed by atoms with Gasteiger partial charge in [0.05, 0.1) is 38.8 Å². The monoisotopic (exact) mass is 880 g/mol. The second-order valence-corrected chi connectivity index (χ2v) is 17.1. The average molecular weight is 881 g/mol. The first-order chi connectivity index (χ1) is 33.3. The molecule has 0 aliphatic rings. The van der Waals surface area contributed by atoms with E-state index in [1.54, 1.807) is 6.92 Å². The lowest BCUT2D eigenvalue weighted by Gasteiger charge is -2.10. The van der Waals surface area contributed by atoms with E-state index >= 15 is 0 Å². The van der Waals surface area contributed by atoms with Gasteiger partial charge in [0.15, 0.2) is 11.6 Å². The molecule has 0 aliphatic carbocycles. The molecule has 0 radical (unpaired) electrons. The van der Waals surface area contributed by atoms with Crippen LogP contribution >= 0.6 is 0 Å². The fourth-order valence-electron chi connectivity index (χ4n) is 9.88. The maximum Gasteiger partial charge on any atom is 0.331 e. The summed E-state index contributed by atoms with van der Waals surface area (Å²) < 4.78 is 6.61. The van der Waals surface area contributed by atoms with Gasteiger partial charge in [0, 0.05) is 78.6 Å². The van der Waals surface area contributed by atoms with Crippen molar-refractivity contribution in [3.05, 3.63) is 234 Å². The second kappa shape index (κ2) is 16.1. The molecule has 3 heterocycles. The lowest BCUT2D eigenvalue weighted by Crippen LogP contribution is -2.03. The van der Waals surface area contributed by atoms with E-state index in [0.717, 1.165) is 66.5 Å². The van der Waals surface area contributed by atoms with Gasteiger partial charge in [0.1, 0.15) is 0 Å². The third-order valence-electron chi connectivity index (χ3n) is 13.1. The van der Waals surface area contributed by atoms with E-state index in [9.17, 15) is 14.4 Å². The van der Waals surface area contributed by atoms with E-state index in [0.29, 0.717) is 28.0 Å². The fourth-order valence-corrected chi connectivity index (χ4v) is 9.88. The summed E-state index contributed by atoms with van der Waals surface area (Å²) in [5.74, 6) is -0.706. The van der Waals surface area contributed by atoms with Crippen LogP contribution in [-0.4, -0.2) is 36.9 Å². The molecule has 68 heavy (non-hydrogen) atoms. The van der Waals surface area contributed by atoms with Crippen LogP contribution in [0.3, 0.4) is 0 Å². The summed E-state index contributed by atoms with van der Waals surface area (Å²) in [6.07, 6.45) is 0. The van der Waals surface area contributed by atoms with Gasteiger partial charge in [0.2, 0.25) is 0 Å². The van der Waals surface area contributed by atoms with Gasteiger partial charge in [-0.3, -0.25) is 9.59 Å². The van der Waals surface area contributed by atoms with E-state index in [2.05, 4.69) is 91.7 Å². The molecule has 324 valence electrons. The second-order valence-electron chi connectivity index (χ2n) is 17.1. The van der Waals surface area contributed by atoms with Crippen molar-refractivity contribution in [1.29, 1.82) is 0 Å². The number of hydrogen-bond acceptors (Lipinski definition) is 5. The molecule has 0 saturated heterocycles. The predicted molar refractivity (Wildman–Crippen MR) is 273 cm³/mol. The molecule has 0 spiro atoms. The number of ketones is 2. The first kappa shape index (κ1) is 40.4. The highest BCUT2D eigenvalue weighted by atomic mass is 16.7. The van der Waals surface area contributed by atoms with Crippen LogP contribution in [0.4, 0.5) is 0 Å². The minimum Gasteiger partial charge on any atom is -0.318 e. The Hall–Kier alpha value is -9.14. The van der Waals surface area contributed by atoms with Crippen molar-refractivity contribution < 1.29 is 19.2 Å². The summed E-state index contributed by atoms with van der Waals surface area (Å²) >= 11 is 0. The Morgan fingerprint density at radius 3 is 0.971 bits per heavy atom. The minimum absolute atomic E-state index is 0.107. The van der Waals surface area contributed by atoms with Crippen LogP contribution in [-0.2, 0) is 9.63 Å². The van der Waals surface area contributed by atoms with Gasteiger partial charge in [0.25, 0.3) is 0 Å². The third-order valence-corrected chi connectivity index (χ3v) is 13.1. The molecule has 9 aromatic carbocycles. The maximum absolute atomic E-state index is 14.4. The molecule has 0 saturated carbocycles. The molecule has 0 amide bonds. The molecule has 0 aliphatic heterocycles. The van der Waals surface area contributed by atoms with Crippen LogP contribution in [0.15, 0.2) is 211 Å². The molecule has 3 aromatic heterocycles. The lowest BCUT2D eigenvalue weighted by molar-refractivity contribution is -0.140. The van der Waals surface area contributed by atoms with Crippen molar-refractivity contribution in [2.24, 2.45) is 5.16 Å². The number of hydrogen-bond donors (Lipinski definition) is 0. The molecule has 12 aromatic rings. The van der Waals surface area contributed by atoms with E-state index < -0.39 is 5.97 Å². The normalized spacial score (nSPS) is 11.9. The van der Waals surface area contributed by atoms with Crippen molar-refractivity contribution in [3.63, 3.8) is 0 Å². The number of oxime groups is 1. The van der Waals surface area contributed by atoms with Crippen molar-refractivity contribution in [2.75, 3.05) is 0 Å². The molecule has 8 nitrogen and oxygen atoms in total. The number of benzene rings is 9. The number of aromatic nitrogens is 3. The molecule has 8 heteroatoms. The summed E-state index contributed by atoms with van der Waals surface area (Å²) in [4.78, 5) is 45.2. The molecular weight excluding hydrogens is 841 g/mol. The van der Waals surface area contributed by atoms with Gasteiger partial charge < -0.3 is 18.5 Å². The molecule has 12 rings (SSSR count). The number of carbonyl (C=O) groups is 3. The zero-order valence-electron chi connectivity index (χ0n) is 37.1. The van der Waals surface area contributed by atoms with Crippen molar-refractivity contribution in [3.8, 4) is 17.1 Å². The summed E-state index contributed by atoms with van der Waals surface area (Å²) in [5.41, 5.74) is 12.5. The van der Waals surface area contributed by atoms with E-state index in [1.807, 2.05) is 133 Å². The van der Waals surface area contributed by atoms with Crippen LogP contribution < -0.4 is 0 Å². The van der Waals surface area contributed by atoms with Crippen LogP contribution in [0.25, 0.3) is 82.5 Å². The highest BCUT2D eigenvalue weighted by molar-refractivity contribution is 6.18. The van der Waals surface area contributed by atoms with Crippen LogP contribution in [0.2, 0.25) is 0 Å².